The first-order chi connectivity index (χ1) is 13.6. The van der Waals surface area contributed by atoms with E-state index >= 15 is 0 Å². The number of benzene rings is 2. The highest BCUT2D eigenvalue weighted by Gasteiger charge is 2.52. The van der Waals surface area contributed by atoms with Gasteiger partial charge in [-0.1, -0.05) is 65.8 Å². The first-order valence-corrected chi connectivity index (χ1v) is 11.0. The molecule has 1 aliphatic rings. The van der Waals surface area contributed by atoms with E-state index in [0.717, 1.165) is 16.8 Å². The van der Waals surface area contributed by atoms with Gasteiger partial charge in [0.05, 0.1) is 11.2 Å². The molecule has 2 aromatic carbocycles. The van der Waals surface area contributed by atoms with Crippen LogP contribution in [-0.2, 0) is 20.1 Å². The number of hydrogen-bond acceptors (Lipinski definition) is 3. The fraction of sp³-hybridized carbons (Fsp3) is 0.538. The molecule has 3 nitrogen and oxygen atoms in total. The van der Waals surface area contributed by atoms with E-state index in [0.29, 0.717) is 0 Å². The van der Waals surface area contributed by atoms with Crippen molar-refractivity contribution in [2.24, 2.45) is 0 Å². The number of anilines is 2. The lowest BCUT2D eigenvalue weighted by atomic mass is 9.74. The van der Waals surface area contributed by atoms with Gasteiger partial charge in [-0.25, -0.2) is 0 Å². The molecule has 3 rings (SSSR count). The molecule has 0 aromatic heterocycles. The third kappa shape index (κ3) is 4.60. The van der Waals surface area contributed by atoms with Crippen LogP contribution in [-0.4, -0.2) is 18.3 Å². The topological polar surface area (TPSA) is 30.5 Å². The van der Waals surface area contributed by atoms with Crippen molar-refractivity contribution in [1.29, 1.82) is 0 Å². The van der Waals surface area contributed by atoms with Crippen LogP contribution in [0.1, 0.15) is 80.4 Å². The monoisotopic (exact) mass is 407 g/mol. The second-order valence-electron chi connectivity index (χ2n) is 11.6. The molecule has 1 fully saturated rings. The smallest absolute Gasteiger partial charge is 0.399 e. The SMILES string of the molecule is CC(C)(C)c1ccc(Nc2ccc(C(C)(C)C)cc2B2OC(C)(C)C(C)(C)O2)cc1. The third-order valence-corrected chi connectivity index (χ3v) is 6.45. The van der Waals surface area contributed by atoms with E-state index < -0.39 is 7.12 Å². The molecule has 30 heavy (non-hydrogen) atoms. The number of hydrogen-bond donors (Lipinski definition) is 1. The Morgan fingerprint density at radius 2 is 1.17 bits per heavy atom. The summed E-state index contributed by atoms with van der Waals surface area (Å²) in [6.45, 7) is 21.8. The van der Waals surface area contributed by atoms with Crippen molar-refractivity contribution < 1.29 is 9.31 Å². The van der Waals surface area contributed by atoms with Gasteiger partial charge in [0.1, 0.15) is 0 Å². The largest absolute Gasteiger partial charge is 0.496 e. The predicted molar refractivity (Wildman–Crippen MR) is 129 cm³/mol. The van der Waals surface area contributed by atoms with Crippen molar-refractivity contribution in [2.45, 2.75) is 91.3 Å². The van der Waals surface area contributed by atoms with Gasteiger partial charge in [-0.05, 0) is 67.9 Å². The molecule has 1 saturated heterocycles. The van der Waals surface area contributed by atoms with Gasteiger partial charge in [-0.2, -0.15) is 0 Å². The van der Waals surface area contributed by atoms with Crippen molar-refractivity contribution in [1.82, 2.24) is 0 Å². The zero-order chi connectivity index (χ0) is 22.5. The van der Waals surface area contributed by atoms with Crippen molar-refractivity contribution in [3.8, 4) is 0 Å². The summed E-state index contributed by atoms with van der Waals surface area (Å²) in [5, 5.41) is 3.60. The molecule has 1 N–H and O–H groups in total. The molecule has 0 unspecified atom stereocenters. The summed E-state index contributed by atoms with van der Waals surface area (Å²) in [7, 11) is -0.409. The van der Waals surface area contributed by atoms with Gasteiger partial charge in [0, 0.05) is 16.8 Å². The van der Waals surface area contributed by atoms with Gasteiger partial charge in [-0.3, -0.25) is 0 Å². The van der Waals surface area contributed by atoms with E-state index in [2.05, 4.69) is 117 Å². The van der Waals surface area contributed by atoms with E-state index in [1.807, 2.05) is 0 Å². The van der Waals surface area contributed by atoms with E-state index in [1.54, 1.807) is 0 Å². The van der Waals surface area contributed by atoms with Crippen molar-refractivity contribution in [2.75, 3.05) is 5.32 Å². The molecule has 0 bridgehead atoms. The maximum atomic E-state index is 6.40. The molecule has 4 heteroatoms. The molecule has 0 aliphatic carbocycles. The molecular weight excluding hydrogens is 369 g/mol. The minimum atomic E-state index is -0.409. The highest BCUT2D eigenvalue weighted by atomic mass is 16.7. The van der Waals surface area contributed by atoms with Crippen LogP contribution in [0.3, 0.4) is 0 Å². The average Bonchev–Trinajstić information content (AvgIpc) is 2.81. The van der Waals surface area contributed by atoms with Crippen LogP contribution in [0.25, 0.3) is 0 Å². The van der Waals surface area contributed by atoms with Crippen LogP contribution in [0.4, 0.5) is 11.4 Å². The van der Waals surface area contributed by atoms with Crippen molar-refractivity contribution in [3.05, 3.63) is 53.6 Å². The van der Waals surface area contributed by atoms with E-state index in [9.17, 15) is 0 Å². The summed E-state index contributed by atoms with van der Waals surface area (Å²) in [5.74, 6) is 0. The quantitative estimate of drug-likeness (QED) is 0.604. The van der Waals surface area contributed by atoms with Crippen LogP contribution in [0.5, 0.6) is 0 Å². The lowest BCUT2D eigenvalue weighted by molar-refractivity contribution is 0.00578. The Bertz CT molecular complexity index is 886. The minimum Gasteiger partial charge on any atom is -0.399 e. The van der Waals surface area contributed by atoms with E-state index in [4.69, 9.17) is 9.31 Å². The minimum absolute atomic E-state index is 0.0469. The first-order valence-electron chi connectivity index (χ1n) is 11.0. The first kappa shape index (κ1) is 22.9. The van der Waals surface area contributed by atoms with Crippen LogP contribution in [0.15, 0.2) is 42.5 Å². The van der Waals surface area contributed by atoms with Crippen molar-refractivity contribution in [3.63, 3.8) is 0 Å². The standard InChI is InChI=1S/C26H38BNO2/c1-23(2,3)18-11-14-20(15-12-18)28-22-16-13-19(24(4,5)6)17-21(22)27-29-25(7,8)26(9,10)30-27/h11-17,28H,1-10H3. The van der Waals surface area contributed by atoms with Gasteiger partial charge < -0.3 is 14.6 Å². The highest BCUT2D eigenvalue weighted by molar-refractivity contribution is 6.64. The molecule has 1 heterocycles. The normalized spacial score (nSPS) is 18.5. The Hall–Kier alpha value is -1.78. The summed E-state index contributed by atoms with van der Waals surface area (Å²) in [5.41, 5.74) is 5.15. The molecular formula is C26H38BNO2. The van der Waals surface area contributed by atoms with Gasteiger partial charge in [-0.15, -0.1) is 0 Å². The second kappa shape index (κ2) is 7.42. The maximum Gasteiger partial charge on any atom is 0.496 e. The Balaban J connectivity index is 1.98. The van der Waals surface area contributed by atoms with Gasteiger partial charge in [0.15, 0.2) is 0 Å². The maximum absolute atomic E-state index is 6.40. The van der Waals surface area contributed by atoms with Gasteiger partial charge >= 0.3 is 7.12 Å². The fourth-order valence-corrected chi connectivity index (χ4v) is 3.52. The molecule has 162 valence electrons. The van der Waals surface area contributed by atoms with Crippen LogP contribution in [0.2, 0.25) is 0 Å². The molecule has 0 spiro atoms. The molecule has 2 aromatic rings. The van der Waals surface area contributed by atoms with Gasteiger partial charge in [0.2, 0.25) is 0 Å². The van der Waals surface area contributed by atoms with E-state index in [1.165, 1.54) is 11.1 Å². The molecule has 0 amide bonds. The Kier molecular flexibility index (Phi) is 5.67. The van der Waals surface area contributed by atoms with Gasteiger partial charge in [0.25, 0.3) is 0 Å². The van der Waals surface area contributed by atoms with Crippen LogP contribution in [0, 0.1) is 0 Å². The Morgan fingerprint density at radius 3 is 1.63 bits per heavy atom. The lowest BCUT2D eigenvalue weighted by Crippen LogP contribution is -2.41. The number of rotatable bonds is 3. The summed E-state index contributed by atoms with van der Waals surface area (Å²) >= 11 is 0. The summed E-state index contributed by atoms with van der Waals surface area (Å²) in [4.78, 5) is 0. The summed E-state index contributed by atoms with van der Waals surface area (Å²) < 4.78 is 12.8. The summed E-state index contributed by atoms with van der Waals surface area (Å²) in [6, 6.07) is 15.3. The Labute approximate surface area is 183 Å². The molecule has 0 saturated carbocycles. The Morgan fingerprint density at radius 1 is 0.700 bits per heavy atom. The van der Waals surface area contributed by atoms with Crippen LogP contribution < -0.4 is 10.8 Å². The zero-order valence-corrected chi connectivity index (χ0v) is 20.4. The molecule has 0 radical (unpaired) electrons. The molecule has 1 aliphatic heterocycles. The number of nitrogens with one attached hydrogen (secondary N) is 1. The predicted octanol–water partition coefficient (Wildman–Crippen LogP) is 6.32. The van der Waals surface area contributed by atoms with Crippen molar-refractivity contribution >= 4 is 24.0 Å². The third-order valence-electron chi connectivity index (χ3n) is 6.45. The second-order valence-corrected chi connectivity index (χ2v) is 11.6. The average molecular weight is 407 g/mol. The fourth-order valence-electron chi connectivity index (χ4n) is 3.52. The summed E-state index contributed by atoms with van der Waals surface area (Å²) in [6.07, 6.45) is 0. The molecule has 0 atom stereocenters. The van der Waals surface area contributed by atoms with Crippen LogP contribution >= 0.6 is 0 Å². The van der Waals surface area contributed by atoms with E-state index in [-0.39, 0.29) is 22.0 Å². The lowest BCUT2D eigenvalue weighted by Gasteiger charge is -2.32. The zero-order valence-electron chi connectivity index (χ0n) is 20.4. The highest BCUT2D eigenvalue weighted by Crippen LogP contribution is 2.38.